The average Bonchev–Trinajstić information content (AvgIpc) is 3.29. The monoisotopic (exact) mass is 365 g/mol. The number of hydrogen-bond donors (Lipinski definition) is 2. The van der Waals surface area contributed by atoms with Gasteiger partial charge in [0.25, 0.3) is 5.91 Å². The molecule has 0 radical (unpaired) electrons. The van der Waals surface area contributed by atoms with Crippen molar-refractivity contribution in [3.05, 3.63) is 59.3 Å². The summed E-state index contributed by atoms with van der Waals surface area (Å²) in [6.07, 6.45) is 0. The molecule has 7 nitrogen and oxygen atoms in total. The summed E-state index contributed by atoms with van der Waals surface area (Å²) in [4.78, 5) is 12.4. The molecule has 2 heterocycles. The standard InChI is InChI=1S/C20H19N3O4/c1-25-13-6-4-5-11(9-13)18-16-17(21-20(24)19(16)23-22-18)12-7-8-14(26-2)15(10-12)27-3/h4-10,17H,1-3H3,(H,21,24)(H,22,23)/t17-/m1/s1. The van der Waals surface area contributed by atoms with Gasteiger partial charge in [0.1, 0.15) is 11.4 Å². The Morgan fingerprint density at radius 2 is 1.78 bits per heavy atom. The molecule has 0 aliphatic carbocycles. The molecule has 0 spiro atoms. The number of fused-ring (bicyclic) bond motifs is 1. The number of aromatic amines is 1. The molecule has 138 valence electrons. The van der Waals surface area contributed by atoms with Gasteiger partial charge in [-0.1, -0.05) is 18.2 Å². The molecule has 27 heavy (non-hydrogen) atoms. The van der Waals surface area contributed by atoms with Crippen LogP contribution in [0.25, 0.3) is 11.3 Å². The van der Waals surface area contributed by atoms with Crippen molar-refractivity contribution >= 4 is 5.91 Å². The number of rotatable bonds is 5. The fourth-order valence-electron chi connectivity index (χ4n) is 3.35. The highest BCUT2D eigenvalue weighted by Crippen LogP contribution is 2.40. The Labute approximate surface area is 156 Å². The van der Waals surface area contributed by atoms with Crippen molar-refractivity contribution < 1.29 is 19.0 Å². The van der Waals surface area contributed by atoms with E-state index < -0.39 is 0 Å². The lowest BCUT2D eigenvalue weighted by molar-refractivity contribution is 0.0955. The molecule has 1 atom stereocenters. The zero-order valence-corrected chi connectivity index (χ0v) is 15.2. The number of aromatic nitrogens is 2. The number of benzene rings is 2. The third kappa shape index (κ3) is 2.77. The number of ether oxygens (including phenoxy) is 3. The van der Waals surface area contributed by atoms with Crippen LogP contribution in [0.3, 0.4) is 0 Å². The fraction of sp³-hybridized carbons (Fsp3) is 0.200. The largest absolute Gasteiger partial charge is 0.497 e. The molecule has 0 unspecified atom stereocenters. The second-order valence-electron chi connectivity index (χ2n) is 6.11. The summed E-state index contributed by atoms with van der Waals surface area (Å²) >= 11 is 0. The SMILES string of the molecule is COc1cccc(-c2n[nH]c3c2[C@@H](c2ccc(OC)c(OC)c2)NC3=O)c1. The van der Waals surface area contributed by atoms with E-state index in [1.807, 2.05) is 42.5 Å². The van der Waals surface area contributed by atoms with Crippen LogP contribution in [0.4, 0.5) is 0 Å². The number of carbonyl (C=O) groups is 1. The van der Waals surface area contributed by atoms with Crippen molar-refractivity contribution in [1.82, 2.24) is 15.5 Å². The minimum absolute atomic E-state index is 0.188. The van der Waals surface area contributed by atoms with Gasteiger partial charge in [-0.25, -0.2) is 0 Å². The van der Waals surface area contributed by atoms with Crippen molar-refractivity contribution in [2.24, 2.45) is 0 Å². The van der Waals surface area contributed by atoms with Crippen molar-refractivity contribution in [3.8, 4) is 28.5 Å². The van der Waals surface area contributed by atoms with Crippen LogP contribution >= 0.6 is 0 Å². The highest BCUT2D eigenvalue weighted by molar-refractivity contribution is 6.00. The minimum Gasteiger partial charge on any atom is -0.497 e. The second-order valence-corrected chi connectivity index (χ2v) is 6.11. The topological polar surface area (TPSA) is 85.5 Å². The Balaban J connectivity index is 1.82. The Hall–Kier alpha value is -3.48. The molecular weight excluding hydrogens is 346 g/mol. The van der Waals surface area contributed by atoms with Crippen molar-refractivity contribution in [3.63, 3.8) is 0 Å². The fourth-order valence-corrected chi connectivity index (χ4v) is 3.35. The molecule has 1 aliphatic heterocycles. The molecule has 0 saturated carbocycles. The van der Waals surface area contributed by atoms with Gasteiger partial charge in [0.05, 0.1) is 33.1 Å². The van der Waals surface area contributed by atoms with Crippen LogP contribution in [-0.4, -0.2) is 37.4 Å². The highest BCUT2D eigenvalue weighted by Gasteiger charge is 2.35. The van der Waals surface area contributed by atoms with Gasteiger partial charge in [0, 0.05) is 11.1 Å². The first-order chi connectivity index (χ1) is 13.2. The Morgan fingerprint density at radius 1 is 0.963 bits per heavy atom. The van der Waals surface area contributed by atoms with Gasteiger partial charge in [-0.2, -0.15) is 5.10 Å². The van der Waals surface area contributed by atoms with Crippen LogP contribution in [0.5, 0.6) is 17.2 Å². The van der Waals surface area contributed by atoms with Crippen LogP contribution in [0.1, 0.15) is 27.7 Å². The Bertz CT molecular complexity index is 1010. The first kappa shape index (κ1) is 17.0. The predicted molar refractivity (Wildman–Crippen MR) is 99.4 cm³/mol. The molecule has 0 bridgehead atoms. The molecule has 1 aliphatic rings. The summed E-state index contributed by atoms with van der Waals surface area (Å²) in [7, 11) is 4.79. The van der Waals surface area contributed by atoms with Crippen LogP contribution in [0.2, 0.25) is 0 Å². The van der Waals surface area contributed by atoms with Crippen molar-refractivity contribution in [1.29, 1.82) is 0 Å². The predicted octanol–water partition coefficient (Wildman–Crippen LogP) is 2.94. The smallest absolute Gasteiger partial charge is 0.270 e. The summed E-state index contributed by atoms with van der Waals surface area (Å²) < 4.78 is 16.0. The van der Waals surface area contributed by atoms with E-state index in [0.717, 1.165) is 22.4 Å². The highest BCUT2D eigenvalue weighted by atomic mass is 16.5. The van der Waals surface area contributed by atoms with E-state index in [2.05, 4.69) is 15.5 Å². The first-order valence-corrected chi connectivity index (χ1v) is 8.41. The van der Waals surface area contributed by atoms with Crippen molar-refractivity contribution in [2.45, 2.75) is 6.04 Å². The molecule has 2 N–H and O–H groups in total. The van der Waals surface area contributed by atoms with E-state index in [1.165, 1.54) is 0 Å². The van der Waals surface area contributed by atoms with Gasteiger partial charge in [-0.3, -0.25) is 9.89 Å². The van der Waals surface area contributed by atoms with Gasteiger partial charge in [0.15, 0.2) is 11.5 Å². The number of H-pyrrole nitrogens is 1. The van der Waals surface area contributed by atoms with Gasteiger partial charge >= 0.3 is 0 Å². The summed E-state index contributed by atoms with van der Waals surface area (Å²) in [5, 5.41) is 10.3. The molecule has 1 aromatic heterocycles. The van der Waals surface area contributed by atoms with Gasteiger partial charge < -0.3 is 19.5 Å². The van der Waals surface area contributed by atoms with Crippen LogP contribution in [0.15, 0.2) is 42.5 Å². The second kappa shape index (κ2) is 6.68. The van der Waals surface area contributed by atoms with Gasteiger partial charge in [-0.15, -0.1) is 0 Å². The van der Waals surface area contributed by atoms with E-state index in [9.17, 15) is 4.79 Å². The molecular formula is C20H19N3O4. The zero-order chi connectivity index (χ0) is 19.0. The number of hydrogen-bond acceptors (Lipinski definition) is 5. The number of nitrogens with one attached hydrogen (secondary N) is 2. The number of carbonyl (C=O) groups excluding carboxylic acids is 1. The molecule has 1 amide bonds. The van der Waals surface area contributed by atoms with E-state index in [-0.39, 0.29) is 11.9 Å². The Morgan fingerprint density at radius 3 is 2.52 bits per heavy atom. The summed E-state index contributed by atoms with van der Waals surface area (Å²) in [5.74, 6) is 1.77. The molecule has 4 rings (SSSR count). The van der Waals surface area contributed by atoms with Crippen LogP contribution < -0.4 is 19.5 Å². The molecule has 3 aromatic rings. The van der Waals surface area contributed by atoms with E-state index in [1.54, 1.807) is 21.3 Å². The third-order valence-electron chi connectivity index (χ3n) is 4.68. The first-order valence-electron chi connectivity index (χ1n) is 8.41. The average molecular weight is 365 g/mol. The van der Waals surface area contributed by atoms with E-state index in [4.69, 9.17) is 14.2 Å². The van der Waals surface area contributed by atoms with E-state index >= 15 is 0 Å². The van der Waals surface area contributed by atoms with Gasteiger partial charge in [-0.05, 0) is 29.8 Å². The molecule has 7 heteroatoms. The summed E-state index contributed by atoms with van der Waals surface area (Å²) in [6.45, 7) is 0. The normalized spacial score (nSPS) is 15.2. The lowest BCUT2D eigenvalue weighted by Gasteiger charge is -2.16. The third-order valence-corrected chi connectivity index (χ3v) is 4.68. The Kier molecular flexibility index (Phi) is 4.19. The van der Waals surface area contributed by atoms with E-state index in [0.29, 0.717) is 22.9 Å². The van der Waals surface area contributed by atoms with Crippen LogP contribution in [0, 0.1) is 0 Å². The maximum atomic E-state index is 12.4. The van der Waals surface area contributed by atoms with Crippen molar-refractivity contribution in [2.75, 3.05) is 21.3 Å². The maximum Gasteiger partial charge on any atom is 0.270 e. The molecule has 2 aromatic carbocycles. The quantitative estimate of drug-likeness (QED) is 0.726. The molecule has 0 fully saturated rings. The lowest BCUT2D eigenvalue weighted by Crippen LogP contribution is -2.21. The molecule has 0 saturated heterocycles. The maximum absolute atomic E-state index is 12.4. The summed E-state index contributed by atoms with van der Waals surface area (Å²) in [6, 6.07) is 12.8. The number of methoxy groups -OCH3 is 3. The lowest BCUT2D eigenvalue weighted by atomic mass is 9.96. The zero-order valence-electron chi connectivity index (χ0n) is 15.2. The number of nitrogens with zero attached hydrogens (tertiary/aromatic N) is 1. The van der Waals surface area contributed by atoms with Gasteiger partial charge in [0.2, 0.25) is 0 Å². The summed E-state index contributed by atoms with van der Waals surface area (Å²) in [5.41, 5.74) is 3.73. The minimum atomic E-state index is -0.341. The van der Waals surface area contributed by atoms with Crippen LogP contribution in [-0.2, 0) is 0 Å². The number of amides is 1.